The summed E-state index contributed by atoms with van der Waals surface area (Å²) in [6.07, 6.45) is 0.726. The zero-order valence-electron chi connectivity index (χ0n) is 5.85. The summed E-state index contributed by atoms with van der Waals surface area (Å²) in [4.78, 5) is 32.1. The Labute approximate surface area is 63.1 Å². The number of hydrazine groups is 1. The predicted molar refractivity (Wildman–Crippen MR) is 35.4 cm³/mol. The molecule has 0 spiro atoms. The van der Waals surface area contributed by atoms with E-state index in [1.807, 2.05) is 0 Å². The molecule has 1 amide bonds. The second-order valence-corrected chi connectivity index (χ2v) is 2.24. The number of hydrogen-bond donors (Lipinski definition) is 2. The Morgan fingerprint density at radius 2 is 1.91 bits per heavy atom. The molecular formula is C6H8N2O3. The molecule has 5 nitrogen and oxygen atoms in total. The number of carbonyl (C=O) groups is 3. The Morgan fingerprint density at radius 3 is 2.64 bits per heavy atom. The van der Waals surface area contributed by atoms with Crippen molar-refractivity contribution in [3.05, 3.63) is 0 Å². The molecule has 11 heavy (non-hydrogen) atoms. The minimum Gasteiger partial charge on any atom is -0.290 e. The monoisotopic (exact) mass is 156 g/mol. The molecule has 1 saturated heterocycles. The van der Waals surface area contributed by atoms with Crippen molar-refractivity contribution in [3.63, 3.8) is 0 Å². The zero-order valence-corrected chi connectivity index (χ0v) is 5.85. The number of hydrogen-bond acceptors (Lipinski definition) is 4. The van der Waals surface area contributed by atoms with Crippen LogP contribution in [0.3, 0.4) is 0 Å². The Hall–Kier alpha value is -1.23. The summed E-state index contributed by atoms with van der Waals surface area (Å²) in [6, 6.07) is 0. The quantitative estimate of drug-likeness (QED) is 0.420. The number of nitrogens with one attached hydrogen (secondary N) is 2. The van der Waals surface area contributed by atoms with Gasteiger partial charge < -0.3 is 0 Å². The molecule has 0 aromatic rings. The maximum Gasteiger partial charge on any atom is 0.309 e. The molecule has 0 radical (unpaired) electrons. The van der Waals surface area contributed by atoms with Gasteiger partial charge in [0.25, 0.3) is 5.78 Å². The summed E-state index contributed by atoms with van der Waals surface area (Å²) < 4.78 is 0. The van der Waals surface area contributed by atoms with Crippen molar-refractivity contribution in [2.24, 2.45) is 0 Å². The molecule has 1 aliphatic rings. The van der Waals surface area contributed by atoms with Crippen LogP contribution in [-0.2, 0) is 14.4 Å². The topological polar surface area (TPSA) is 75.3 Å². The van der Waals surface area contributed by atoms with Gasteiger partial charge in [0.2, 0.25) is 5.78 Å². The fourth-order valence-corrected chi connectivity index (χ4v) is 0.777. The molecule has 1 aliphatic heterocycles. The van der Waals surface area contributed by atoms with Crippen molar-refractivity contribution in [1.29, 1.82) is 0 Å². The van der Waals surface area contributed by atoms with Gasteiger partial charge in [-0.1, -0.05) is 0 Å². The van der Waals surface area contributed by atoms with Crippen LogP contribution in [0.5, 0.6) is 0 Å². The van der Waals surface area contributed by atoms with Gasteiger partial charge in [-0.15, -0.1) is 0 Å². The third-order valence-electron chi connectivity index (χ3n) is 1.37. The highest BCUT2D eigenvalue weighted by Crippen LogP contribution is 1.93. The maximum atomic E-state index is 10.7. The maximum absolute atomic E-state index is 10.7. The van der Waals surface area contributed by atoms with Gasteiger partial charge in [0.15, 0.2) is 0 Å². The first-order valence-corrected chi connectivity index (χ1v) is 3.32. The molecule has 1 fully saturated rings. The second kappa shape index (κ2) is 3.25. The Morgan fingerprint density at radius 1 is 1.18 bits per heavy atom. The molecule has 1 rings (SSSR count). The van der Waals surface area contributed by atoms with E-state index >= 15 is 0 Å². The molecule has 5 heteroatoms. The van der Waals surface area contributed by atoms with Crippen LogP contribution in [0.1, 0.15) is 12.8 Å². The van der Waals surface area contributed by atoms with E-state index in [1.54, 1.807) is 0 Å². The van der Waals surface area contributed by atoms with E-state index in [0.717, 1.165) is 0 Å². The highest BCUT2D eigenvalue weighted by Gasteiger charge is 2.23. The van der Waals surface area contributed by atoms with E-state index < -0.39 is 17.5 Å². The highest BCUT2D eigenvalue weighted by molar-refractivity contribution is 6.63. The van der Waals surface area contributed by atoms with Gasteiger partial charge in [-0.3, -0.25) is 19.8 Å². The van der Waals surface area contributed by atoms with Crippen LogP contribution in [0.2, 0.25) is 0 Å². The molecule has 0 unspecified atom stereocenters. The summed E-state index contributed by atoms with van der Waals surface area (Å²) >= 11 is 0. The number of rotatable bonds is 0. The average molecular weight is 156 g/mol. The molecular weight excluding hydrogens is 148 g/mol. The number of amides is 1. The van der Waals surface area contributed by atoms with E-state index in [1.165, 1.54) is 0 Å². The van der Waals surface area contributed by atoms with Crippen LogP contribution in [0, 0.1) is 0 Å². The number of ketones is 2. The highest BCUT2D eigenvalue weighted by atomic mass is 16.2. The van der Waals surface area contributed by atoms with E-state index in [2.05, 4.69) is 10.9 Å². The standard InChI is InChI=1S/C6H8N2O3/c9-4-2-1-3-7-8-6(11)5(4)10/h7H,1-3H2,(H,8,11). The smallest absolute Gasteiger partial charge is 0.290 e. The van der Waals surface area contributed by atoms with Crippen LogP contribution in [-0.4, -0.2) is 24.0 Å². The molecule has 2 N–H and O–H groups in total. The molecule has 0 aromatic carbocycles. The van der Waals surface area contributed by atoms with Crippen molar-refractivity contribution in [3.8, 4) is 0 Å². The van der Waals surface area contributed by atoms with E-state index in [-0.39, 0.29) is 6.42 Å². The van der Waals surface area contributed by atoms with Gasteiger partial charge in [-0.05, 0) is 6.42 Å². The van der Waals surface area contributed by atoms with Gasteiger partial charge in [-0.25, -0.2) is 5.43 Å². The molecule has 0 bridgehead atoms. The molecule has 60 valence electrons. The van der Waals surface area contributed by atoms with Crippen LogP contribution in [0.25, 0.3) is 0 Å². The van der Waals surface area contributed by atoms with Gasteiger partial charge in [0.05, 0.1) is 0 Å². The van der Waals surface area contributed by atoms with Crippen molar-refractivity contribution < 1.29 is 14.4 Å². The molecule has 0 aromatic heterocycles. The predicted octanol–water partition coefficient (Wildman–Crippen LogP) is -1.46. The molecule has 0 aliphatic carbocycles. The van der Waals surface area contributed by atoms with Crippen molar-refractivity contribution in [2.45, 2.75) is 12.8 Å². The van der Waals surface area contributed by atoms with Crippen LogP contribution >= 0.6 is 0 Å². The molecule has 0 saturated carbocycles. The largest absolute Gasteiger partial charge is 0.309 e. The number of Topliss-reactive ketones (excluding diaryl/α,β-unsaturated/α-hetero) is 2. The van der Waals surface area contributed by atoms with Gasteiger partial charge in [0, 0.05) is 13.0 Å². The van der Waals surface area contributed by atoms with Crippen LogP contribution in [0.4, 0.5) is 0 Å². The first kappa shape index (κ1) is 7.87. The summed E-state index contributed by atoms with van der Waals surface area (Å²) in [5, 5.41) is 0. The van der Waals surface area contributed by atoms with Crippen LogP contribution in [0.15, 0.2) is 0 Å². The Balaban J connectivity index is 2.64. The van der Waals surface area contributed by atoms with Gasteiger partial charge in [-0.2, -0.15) is 0 Å². The van der Waals surface area contributed by atoms with E-state index in [4.69, 9.17) is 0 Å². The lowest BCUT2D eigenvalue weighted by atomic mass is 10.1. The number of carbonyl (C=O) groups excluding carboxylic acids is 3. The second-order valence-electron chi connectivity index (χ2n) is 2.24. The SMILES string of the molecule is O=C1CCCNNC(=O)C1=O. The summed E-state index contributed by atoms with van der Waals surface area (Å²) in [7, 11) is 0. The minimum atomic E-state index is -0.961. The lowest BCUT2D eigenvalue weighted by molar-refractivity contribution is -0.145. The van der Waals surface area contributed by atoms with E-state index in [9.17, 15) is 14.4 Å². The normalized spacial score (nSPS) is 20.5. The third-order valence-corrected chi connectivity index (χ3v) is 1.37. The van der Waals surface area contributed by atoms with Crippen LogP contribution < -0.4 is 10.9 Å². The van der Waals surface area contributed by atoms with Gasteiger partial charge in [0.1, 0.15) is 0 Å². The van der Waals surface area contributed by atoms with Crippen molar-refractivity contribution >= 4 is 17.5 Å². The zero-order chi connectivity index (χ0) is 8.27. The fourth-order valence-electron chi connectivity index (χ4n) is 0.777. The minimum absolute atomic E-state index is 0.152. The average Bonchev–Trinajstić information content (AvgIpc) is 2.00. The van der Waals surface area contributed by atoms with E-state index in [0.29, 0.717) is 13.0 Å². The van der Waals surface area contributed by atoms with Crippen molar-refractivity contribution in [2.75, 3.05) is 6.54 Å². The summed E-state index contributed by atoms with van der Waals surface area (Å²) in [5.74, 6) is -2.43. The fraction of sp³-hybridized carbons (Fsp3) is 0.500. The lowest BCUT2D eigenvalue weighted by Gasteiger charge is -2.08. The van der Waals surface area contributed by atoms with Crippen molar-refractivity contribution in [1.82, 2.24) is 10.9 Å². The summed E-state index contributed by atoms with van der Waals surface area (Å²) in [6.45, 7) is 0.519. The van der Waals surface area contributed by atoms with Gasteiger partial charge >= 0.3 is 5.91 Å². The lowest BCUT2D eigenvalue weighted by Crippen LogP contribution is -2.46. The summed E-state index contributed by atoms with van der Waals surface area (Å²) in [5.41, 5.74) is 4.62. The molecule has 1 heterocycles. The Bertz CT molecular complexity index is 192. The first-order chi connectivity index (χ1) is 5.22. The Kier molecular flexibility index (Phi) is 2.32. The molecule has 0 atom stereocenters. The third kappa shape index (κ3) is 1.84. The first-order valence-electron chi connectivity index (χ1n) is 3.32.